The van der Waals surface area contributed by atoms with Gasteiger partial charge in [0, 0.05) is 62.9 Å². The first-order chi connectivity index (χ1) is 14.3. The number of hydrogen-bond donors (Lipinski definition) is 2. The first-order valence-electron chi connectivity index (χ1n) is 9.56. The average Bonchev–Trinajstić information content (AvgIpc) is 2.73. The fourth-order valence-electron chi connectivity index (χ4n) is 2.77. The molecule has 2 aromatic carbocycles. The number of amides is 2. The van der Waals surface area contributed by atoms with Gasteiger partial charge >= 0.3 is 0 Å². The molecule has 0 bridgehead atoms. The molecule has 0 heterocycles. The van der Waals surface area contributed by atoms with Gasteiger partial charge in [0.25, 0.3) is 17.5 Å². The average molecular weight is 414 g/mol. The monoisotopic (exact) mass is 414 g/mol. The highest BCUT2D eigenvalue weighted by Crippen LogP contribution is 2.24. The molecule has 0 saturated heterocycles. The Morgan fingerprint density at radius 1 is 1.13 bits per heavy atom. The van der Waals surface area contributed by atoms with Crippen LogP contribution < -0.4 is 15.5 Å². The van der Waals surface area contributed by atoms with E-state index in [0.29, 0.717) is 43.1 Å². The molecule has 0 aliphatic heterocycles. The van der Waals surface area contributed by atoms with Crippen molar-refractivity contribution in [2.45, 2.75) is 13.3 Å². The maximum Gasteiger partial charge on any atom is 0.270 e. The van der Waals surface area contributed by atoms with E-state index in [4.69, 9.17) is 4.74 Å². The van der Waals surface area contributed by atoms with Crippen LogP contribution in [0.3, 0.4) is 0 Å². The third-order valence-corrected chi connectivity index (χ3v) is 4.26. The molecule has 0 radical (unpaired) electrons. The number of rotatable bonds is 10. The molecule has 2 amide bonds. The van der Waals surface area contributed by atoms with Crippen LogP contribution in [-0.2, 0) is 4.74 Å². The molecule has 2 aromatic rings. The Kier molecular flexibility index (Phi) is 8.30. The van der Waals surface area contributed by atoms with E-state index in [1.807, 2.05) is 21.0 Å². The lowest BCUT2D eigenvalue weighted by molar-refractivity contribution is -0.384. The van der Waals surface area contributed by atoms with Gasteiger partial charge in [0.1, 0.15) is 0 Å². The number of carbonyl (C=O) groups excluding carboxylic acids is 2. The normalized spacial score (nSPS) is 10.4. The molecule has 0 aliphatic rings. The first-order valence-corrected chi connectivity index (χ1v) is 9.56. The van der Waals surface area contributed by atoms with Gasteiger partial charge in [0.05, 0.1) is 10.5 Å². The van der Waals surface area contributed by atoms with E-state index >= 15 is 0 Å². The minimum absolute atomic E-state index is 0.155. The molecule has 0 aliphatic carbocycles. The van der Waals surface area contributed by atoms with E-state index < -0.39 is 10.8 Å². The van der Waals surface area contributed by atoms with Crippen molar-refractivity contribution < 1.29 is 19.2 Å². The predicted octanol–water partition coefficient (Wildman–Crippen LogP) is 3.07. The summed E-state index contributed by atoms with van der Waals surface area (Å²) in [7, 11) is 3.64. The smallest absolute Gasteiger partial charge is 0.270 e. The Balaban J connectivity index is 2.16. The number of ether oxygens (including phenoxy) is 1. The summed E-state index contributed by atoms with van der Waals surface area (Å²) >= 11 is 0. The van der Waals surface area contributed by atoms with Gasteiger partial charge in [-0.15, -0.1) is 0 Å². The van der Waals surface area contributed by atoms with Gasteiger partial charge in [-0.05, 0) is 37.6 Å². The number of nitro groups is 1. The van der Waals surface area contributed by atoms with Crippen LogP contribution in [0.4, 0.5) is 17.1 Å². The van der Waals surface area contributed by atoms with Crippen LogP contribution in [0.25, 0.3) is 0 Å². The summed E-state index contributed by atoms with van der Waals surface area (Å²) < 4.78 is 5.26. The van der Waals surface area contributed by atoms with Crippen LogP contribution in [0.1, 0.15) is 34.1 Å². The van der Waals surface area contributed by atoms with Gasteiger partial charge in [0.15, 0.2) is 0 Å². The second kappa shape index (κ2) is 10.9. The van der Waals surface area contributed by atoms with Crippen molar-refractivity contribution in [2.75, 3.05) is 44.1 Å². The number of nitrogens with one attached hydrogen (secondary N) is 2. The minimum atomic E-state index is -0.559. The summed E-state index contributed by atoms with van der Waals surface area (Å²) in [5.74, 6) is -0.763. The lowest BCUT2D eigenvalue weighted by atomic mass is 10.1. The Hall–Kier alpha value is -3.46. The van der Waals surface area contributed by atoms with Crippen molar-refractivity contribution in [1.29, 1.82) is 0 Å². The highest BCUT2D eigenvalue weighted by Gasteiger charge is 2.16. The Bertz CT molecular complexity index is 914. The van der Waals surface area contributed by atoms with E-state index in [1.54, 1.807) is 23.1 Å². The van der Waals surface area contributed by atoms with Gasteiger partial charge in [-0.1, -0.05) is 6.07 Å². The van der Waals surface area contributed by atoms with Gasteiger partial charge in [-0.25, -0.2) is 0 Å². The summed E-state index contributed by atoms with van der Waals surface area (Å²) in [6.45, 7) is 3.58. The molecule has 2 N–H and O–H groups in total. The number of benzene rings is 2. The van der Waals surface area contributed by atoms with Crippen LogP contribution in [0.5, 0.6) is 0 Å². The second-order valence-corrected chi connectivity index (χ2v) is 6.69. The Labute approximate surface area is 175 Å². The quantitative estimate of drug-likeness (QED) is 0.351. The second-order valence-electron chi connectivity index (χ2n) is 6.69. The lowest BCUT2D eigenvalue weighted by Crippen LogP contribution is -2.27. The fourth-order valence-corrected chi connectivity index (χ4v) is 2.77. The van der Waals surface area contributed by atoms with E-state index in [9.17, 15) is 19.7 Å². The van der Waals surface area contributed by atoms with Crippen LogP contribution in [0, 0.1) is 10.1 Å². The van der Waals surface area contributed by atoms with E-state index in [1.165, 1.54) is 24.3 Å². The van der Waals surface area contributed by atoms with E-state index in [0.717, 1.165) is 0 Å². The predicted molar refractivity (Wildman–Crippen MR) is 115 cm³/mol. The third-order valence-electron chi connectivity index (χ3n) is 4.26. The van der Waals surface area contributed by atoms with Crippen molar-refractivity contribution in [1.82, 2.24) is 5.32 Å². The van der Waals surface area contributed by atoms with Crippen molar-refractivity contribution >= 4 is 28.9 Å². The van der Waals surface area contributed by atoms with E-state index in [2.05, 4.69) is 10.6 Å². The molecule has 2 rings (SSSR count). The Morgan fingerprint density at radius 3 is 2.57 bits per heavy atom. The number of hydrogen-bond acceptors (Lipinski definition) is 6. The molecular weight excluding hydrogens is 388 g/mol. The largest absolute Gasteiger partial charge is 0.382 e. The zero-order valence-electron chi connectivity index (χ0n) is 17.3. The molecule has 0 saturated carbocycles. The minimum Gasteiger partial charge on any atom is -0.382 e. The summed E-state index contributed by atoms with van der Waals surface area (Å²) in [6.07, 6.45) is 0.695. The lowest BCUT2D eigenvalue weighted by Gasteiger charge is -2.18. The number of non-ortho nitro benzene ring substituents is 1. The topological polar surface area (TPSA) is 114 Å². The van der Waals surface area contributed by atoms with Crippen LogP contribution >= 0.6 is 0 Å². The third kappa shape index (κ3) is 6.28. The van der Waals surface area contributed by atoms with Crippen LogP contribution in [-0.4, -0.2) is 50.6 Å². The van der Waals surface area contributed by atoms with E-state index in [-0.39, 0.29) is 17.2 Å². The molecule has 160 valence electrons. The summed E-state index contributed by atoms with van der Waals surface area (Å²) in [5.41, 5.74) is 1.51. The van der Waals surface area contributed by atoms with Gasteiger partial charge in [-0.2, -0.15) is 0 Å². The molecule has 0 atom stereocenters. The maximum atomic E-state index is 12.7. The maximum absolute atomic E-state index is 12.7. The van der Waals surface area contributed by atoms with Crippen molar-refractivity contribution in [3.8, 4) is 0 Å². The zero-order valence-corrected chi connectivity index (χ0v) is 17.3. The van der Waals surface area contributed by atoms with Crippen molar-refractivity contribution in [2.24, 2.45) is 0 Å². The Morgan fingerprint density at radius 2 is 1.90 bits per heavy atom. The van der Waals surface area contributed by atoms with Gasteiger partial charge in [-0.3, -0.25) is 19.7 Å². The molecule has 0 spiro atoms. The standard InChI is InChI=1S/C21H26N4O5/c1-4-30-12-6-11-22-21(27)18-14-16(9-10-19(18)24(2)3)23-20(26)15-7-5-8-17(13-15)25(28)29/h5,7-10,13-14H,4,6,11-12H2,1-3H3,(H,22,27)(H,23,26). The molecule has 0 aromatic heterocycles. The summed E-state index contributed by atoms with van der Waals surface area (Å²) in [5, 5.41) is 16.5. The van der Waals surface area contributed by atoms with Gasteiger partial charge in [0.2, 0.25) is 0 Å². The van der Waals surface area contributed by atoms with Crippen LogP contribution in [0.15, 0.2) is 42.5 Å². The number of carbonyl (C=O) groups is 2. The number of nitro benzene ring substituents is 1. The fraction of sp³-hybridized carbons (Fsp3) is 0.333. The molecular formula is C21H26N4O5. The SMILES string of the molecule is CCOCCCNC(=O)c1cc(NC(=O)c2cccc([N+](=O)[O-])c2)ccc1N(C)C. The number of nitrogens with zero attached hydrogens (tertiary/aromatic N) is 2. The zero-order chi connectivity index (χ0) is 22.1. The molecule has 9 heteroatoms. The van der Waals surface area contributed by atoms with Crippen LogP contribution in [0.2, 0.25) is 0 Å². The molecule has 0 unspecified atom stereocenters. The van der Waals surface area contributed by atoms with Crippen molar-refractivity contribution in [3.63, 3.8) is 0 Å². The summed E-state index contributed by atoms with van der Waals surface area (Å²) in [4.78, 5) is 37.3. The molecule has 9 nitrogen and oxygen atoms in total. The number of anilines is 2. The highest BCUT2D eigenvalue weighted by atomic mass is 16.6. The highest BCUT2D eigenvalue weighted by molar-refractivity contribution is 6.06. The molecule has 30 heavy (non-hydrogen) atoms. The van der Waals surface area contributed by atoms with Gasteiger partial charge < -0.3 is 20.3 Å². The van der Waals surface area contributed by atoms with Crippen molar-refractivity contribution in [3.05, 3.63) is 63.7 Å². The first kappa shape index (κ1) is 22.8. The molecule has 0 fully saturated rings. The summed E-state index contributed by atoms with van der Waals surface area (Å²) in [6, 6.07) is 10.5.